The molecule has 0 amide bonds. The molecule has 2 N–H and O–H groups in total. The number of nitrogen functional groups attached to an aromatic ring is 1. The number of aromatic nitrogens is 4. The molecule has 0 fully saturated rings. The summed E-state index contributed by atoms with van der Waals surface area (Å²) >= 11 is 2.19. The van der Waals surface area contributed by atoms with Crippen molar-refractivity contribution < 1.29 is 0 Å². The van der Waals surface area contributed by atoms with Gasteiger partial charge in [0.25, 0.3) is 0 Å². The summed E-state index contributed by atoms with van der Waals surface area (Å²) in [5.74, 6) is 1.14. The van der Waals surface area contributed by atoms with E-state index < -0.39 is 0 Å². The van der Waals surface area contributed by atoms with E-state index in [0.29, 0.717) is 11.6 Å². The molecule has 0 aromatic carbocycles. The van der Waals surface area contributed by atoms with Crippen molar-refractivity contribution in [2.24, 2.45) is 7.05 Å². The van der Waals surface area contributed by atoms with Crippen LogP contribution in [0.5, 0.6) is 0 Å². The van der Waals surface area contributed by atoms with Crippen LogP contribution in [0.2, 0.25) is 0 Å². The van der Waals surface area contributed by atoms with Gasteiger partial charge in [-0.1, -0.05) is 13.3 Å². The van der Waals surface area contributed by atoms with Gasteiger partial charge >= 0.3 is 0 Å². The van der Waals surface area contributed by atoms with Gasteiger partial charge in [-0.05, 0) is 35.1 Å². The molecule has 0 aliphatic carbocycles. The van der Waals surface area contributed by atoms with Crippen LogP contribution in [0.4, 0.5) is 5.82 Å². The third-order valence-electron chi connectivity index (χ3n) is 2.37. The topological polar surface area (TPSA) is 69.6 Å². The van der Waals surface area contributed by atoms with Crippen molar-refractivity contribution in [3.05, 3.63) is 21.5 Å². The molecule has 0 aliphatic heterocycles. The van der Waals surface area contributed by atoms with Crippen LogP contribution in [-0.2, 0) is 13.5 Å². The minimum Gasteiger partial charge on any atom is -0.383 e. The maximum absolute atomic E-state index is 5.90. The Bertz CT molecular complexity index is 535. The van der Waals surface area contributed by atoms with E-state index in [9.17, 15) is 0 Å². The lowest BCUT2D eigenvalue weighted by molar-refractivity contribution is 0.767. The Kier molecular flexibility index (Phi) is 3.60. The second-order valence-corrected chi connectivity index (χ2v) is 4.90. The standard InChI is InChI=1S/C11H14IN5/c1-3-4-7-9(12)10(13)15-11(14-7)8-5-6-17(2)16-8/h5-6H,3-4H2,1-2H3,(H2,13,14,15). The molecule has 2 rings (SSSR count). The zero-order chi connectivity index (χ0) is 12.4. The lowest BCUT2D eigenvalue weighted by Gasteiger charge is -2.06. The van der Waals surface area contributed by atoms with Crippen molar-refractivity contribution in [1.29, 1.82) is 0 Å². The molecule has 0 aliphatic rings. The number of rotatable bonds is 3. The van der Waals surface area contributed by atoms with Crippen molar-refractivity contribution in [2.75, 3.05) is 5.73 Å². The number of anilines is 1. The van der Waals surface area contributed by atoms with Gasteiger partial charge in [0, 0.05) is 13.2 Å². The van der Waals surface area contributed by atoms with Crippen molar-refractivity contribution in [3.8, 4) is 11.5 Å². The number of nitrogens with zero attached hydrogens (tertiary/aromatic N) is 4. The number of halogens is 1. The molecule has 5 nitrogen and oxygen atoms in total. The van der Waals surface area contributed by atoms with Crippen LogP contribution < -0.4 is 5.73 Å². The average molecular weight is 343 g/mol. The largest absolute Gasteiger partial charge is 0.383 e. The fourth-order valence-electron chi connectivity index (χ4n) is 1.56. The second kappa shape index (κ2) is 4.99. The smallest absolute Gasteiger partial charge is 0.182 e. The molecule has 0 saturated carbocycles. The van der Waals surface area contributed by atoms with Crippen LogP contribution in [0.1, 0.15) is 19.0 Å². The summed E-state index contributed by atoms with van der Waals surface area (Å²) in [4.78, 5) is 8.81. The molecule has 0 unspecified atom stereocenters. The van der Waals surface area contributed by atoms with E-state index in [0.717, 1.165) is 27.8 Å². The first-order chi connectivity index (χ1) is 8.11. The molecule has 0 bridgehead atoms. The molecule has 2 aromatic rings. The molecular weight excluding hydrogens is 329 g/mol. The normalized spacial score (nSPS) is 10.8. The molecular formula is C11H14IN5. The summed E-state index contributed by atoms with van der Waals surface area (Å²) in [7, 11) is 1.87. The number of aryl methyl sites for hydroxylation is 2. The molecule has 6 heteroatoms. The van der Waals surface area contributed by atoms with Gasteiger partial charge in [-0.25, -0.2) is 9.97 Å². The number of hydrogen-bond acceptors (Lipinski definition) is 4. The Morgan fingerprint density at radius 1 is 1.41 bits per heavy atom. The van der Waals surface area contributed by atoms with Crippen LogP contribution >= 0.6 is 22.6 Å². The van der Waals surface area contributed by atoms with Gasteiger partial charge in [0.15, 0.2) is 5.82 Å². The monoisotopic (exact) mass is 343 g/mol. The summed E-state index contributed by atoms with van der Waals surface area (Å²) in [6.45, 7) is 2.12. The third-order valence-corrected chi connectivity index (χ3v) is 3.55. The van der Waals surface area contributed by atoms with Crippen molar-refractivity contribution in [1.82, 2.24) is 19.7 Å². The summed E-state index contributed by atoms with van der Waals surface area (Å²) in [5, 5.41) is 4.29. The van der Waals surface area contributed by atoms with E-state index in [1.807, 2.05) is 19.3 Å². The highest BCUT2D eigenvalue weighted by Gasteiger charge is 2.12. The minimum atomic E-state index is 0.532. The van der Waals surface area contributed by atoms with E-state index in [2.05, 4.69) is 44.6 Å². The van der Waals surface area contributed by atoms with Gasteiger partial charge in [-0.3, -0.25) is 4.68 Å². The van der Waals surface area contributed by atoms with Crippen molar-refractivity contribution >= 4 is 28.4 Å². The zero-order valence-corrected chi connectivity index (χ0v) is 12.0. The van der Waals surface area contributed by atoms with Gasteiger partial charge < -0.3 is 5.73 Å². The van der Waals surface area contributed by atoms with Gasteiger partial charge in [0.2, 0.25) is 0 Å². The lowest BCUT2D eigenvalue weighted by atomic mass is 10.2. The first-order valence-electron chi connectivity index (χ1n) is 5.43. The lowest BCUT2D eigenvalue weighted by Crippen LogP contribution is -2.05. The van der Waals surface area contributed by atoms with Crippen LogP contribution in [0.3, 0.4) is 0 Å². The molecule has 2 heterocycles. The summed E-state index contributed by atoms with van der Waals surface area (Å²) < 4.78 is 2.68. The van der Waals surface area contributed by atoms with E-state index in [-0.39, 0.29) is 0 Å². The maximum atomic E-state index is 5.90. The van der Waals surface area contributed by atoms with E-state index in [4.69, 9.17) is 5.73 Å². The Balaban J connectivity index is 2.48. The predicted molar refractivity (Wildman–Crippen MR) is 75.4 cm³/mol. The van der Waals surface area contributed by atoms with Crippen LogP contribution in [-0.4, -0.2) is 19.7 Å². The summed E-state index contributed by atoms with van der Waals surface area (Å²) in [6, 6.07) is 1.89. The fraction of sp³-hybridized carbons (Fsp3) is 0.364. The van der Waals surface area contributed by atoms with Gasteiger partial charge in [-0.15, -0.1) is 0 Å². The first-order valence-corrected chi connectivity index (χ1v) is 6.51. The predicted octanol–water partition coefficient (Wildman–Crippen LogP) is 2.02. The summed E-state index contributed by atoms with van der Waals surface area (Å²) in [5.41, 5.74) is 7.66. The molecule has 0 spiro atoms. The molecule has 2 aromatic heterocycles. The highest BCUT2D eigenvalue weighted by molar-refractivity contribution is 14.1. The number of nitrogens with two attached hydrogens (primary N) is 1. The Labute approximate surface area is 114 Å². The van der Waals surface area contributed by atoms with Crippen LogP contribution in [0.25, 0.3) is 11.5 Å². The Hall–Kier alpha value is -1.18. The highest BCUT2D eigenvalue weighted by atomic mass is 127. The van der Waals surface area contributed by atoms with Crippen molar-refractivity contribution in [2.45, 2.75) is 19.8 Å². The quantitative estimate of drug-likeness (QED) is 0.866. The van der Waals surface area contributed by atoms with Gasteiger partial charge in [0.1, 0.15) is 11.5 Å². The van der Waals surface area contributed by atoms with E-state index >= 15 is 0 Å². The van der Waals surface area contributed by atoms with E-state index in [1.165, 1.54) is 0 Å². The van der Waals surface area contributed by atoms with Crippen molar-refractivity contribution in [3.63, 3.8) is 0 Å². The molecule has 0 atom stereocenters. The highest BCUT2D eigenvalue weighted by Crippen LogP contribution is 2.21. The summed E-state index contributed by atoms with van der Waals surface area (Å²) in [6.07, 6.45) is 3.81. The van der Waals surface area contributed by atoms with Crippen LogP contribution in [0.15, 0.2) is 12.3 Å². The Morgan fingerprint density at radius 2 is 2.18 bits per heavy atom. The van der Waals surface area contributed by atoms with E-state index in [1.54, 1.807) is 4.68 Å². The Morgan fingerprint density at radius 3 is 2.76 bits per heavy atom. The fourth-order valence-corrected chi connectivity index (χ4v) is 2.08. The number of hydrogen-bond donors (Lipinski definition) is 1. The molecule has 0 radical (unpaired) electrons. The first kappa shape index (κ1) is 12.3. The van der Waals surface area contributed by atoms with Crippen LogP contribution in [0, 0.1) is 3.57 Å². The second-order valence-electron chi connectivity index (χ2n) is 3.82. The third kappa shape index (κ3) is 2.56. The van der Waals surface area contributed by atoms with Gasteiger partial charge in [0.05, 0.1) is 9.26 Å². The minimum absolute atomic E-state index is 0.532. The average Bonchev–Trinajstić information content (AvgIpc) is 2.71. The maximum Gasteiger partial charge on any atom is 0.182 e. The SMILES string of the molecule is CCCc1nc(-c2ccn(C)n2)nc(N)c1I. The van der Waals surface area contributed by atoms with Gasteiger partial charge in [-0.2, -0.15) is 5.10 Å². The molecule has 90 valence electrons. The molecule has 17 heavy (non-hydrogen) atoms. The zero-order valence-electron chi connectivity index (χ0n) is 9.81. The molecule has 0 saturated heterocycles.